The Morgan fingerprint density at radius 2 is 1.76 bits per heavy atom. The molecule has 17 heavy (non-hydrogen) atoms. The maximum absolute atomic E-state index is 5.49. The van der Waals surface area contributed by atoms with Gasteiger partial charge in [0.05, 0.1) is 6.54 Å². The van der Waals surface area contributed by atoms with E-state index in [1.54, 1.807) is 0 Å². The molecular weight excluding hydrogens is 238 g/mol. The largest absolute Gasteiger partial charge is 0.370 e. The maximum Gasteiger partial charge on any atom is 0.218 e. The Morgan fingerprint density at radius 1 is 1.12 bits per heavy atom. The Balaban J connectivity index is 0.00000256. The Kier molecular flexibility index (Phi) is 6.06. The number of hydrogen-bond acceptors (Lipinski definition) is 1. The zero-order chi connectivity index (χ0) is 12.1. The molecule has 0 amide bonds. The number of benzene rings is 1. The second-order valence-electron chi connectivity index (χ2n) is 3.63. The summed E-state index contributed by atoms with van der Waals surface area (Å²) in [7, 11) is 0. The lowest BCUT2D eigenvalue weighted by Crippen LogP contribution is -2.26. The average Bonchev–Trinajstić information content (AvgIpc) is 2.19. The van der Waals surface area contributed by atoms with Crippen LogP contribution in [0.25, 0.3) is 0 Å². The van der Waals surface area contributed by atoms with Gasteiger partial charge in [-0.3, -0.25) is 0 Å². The Labute approximate surface area is 107 Å². The normalized spacial score (nSPS) is 10.6. The van der Waals surface area contributed by atoms with Crippen LogP contribution in [-0.4, -0.2) is 11.9 Å². The highest BCUT2D eigenvalue weighted by Crippen LogP contribution is 2.10. The zero-order valence-electron chi connectivity index (χ0n) is 9.97. The molecule has 0 unspecified atom stereocenters. The van der Waals surface area contributed by atoms with Gasteiger partial charge in [0.1, 0.15) is 0 Å². The molecule has 1 aromatic carbocycles. The molecule has 0 aliphatic carbocycles. The van der Waals surface area contributed by atoms with Crippen molar-refractivity contribution in [3.8, 4) is 0 Å². The summed E-state index contributed by atoms with van der Waals surface area (Å²) in [4.78, 5) is 7.68. The monoisotopic (exact) mass is 255 g/mol. The van der Waals surface area contributed by atoms with Gasteiger partial charge < -0.3 is 17.2 Å². The van der Waals surface area contributed by atoms with Gasteiger partial charge in [-0.25, -0.2) is 4.99 Å². The van der Waals surface area contributed by atoms with Crippen LogP contribution in [0.15, 0.2) is 28.2 Å². The third-order valence-corrected chi connectivity index (χ3v) is 2.24. The predicted octanol–water partition coefficient (Wildman–Crippen LogP) is 0.813. The summed E-state index contributed by atoms with van der Waals surface area (Å²) in [6.07, 6.45) is 0. The van der Waals surface area contributed by atoms with Gasteiger partial charge in [-0.2, -0.15) is 4.99 Å². The first-order valence-electron chi connectivity index (χ1n) is 4.94. The molecule has 0 atom stereocenters. The summed E-state index contributed by atoms with van der Waals surface area (Å²) < 4.78 is 0. The van der Waals surface area contributed by atoms with Crippen LogP contribution in [0.1, 0.15) is 16.7 Å². The van der Waals surface area contributed by atoms with Crippen LogP contribution in [0, 0.1) is 13.8 Å². The molecule has 0 aromatic heterocycles. The molecule has 0 spiro atoms. The molecule has 0 aliphatic rings. The van der Waals surface area contributed by atoms with E-state index >= 15 is 0 Å². The highest BCUT2D eigenvalue weighted by atomic mass is 35.5. The van der Waals surface area contributed by atoms with E-state index in [9.17, 15) is 0 Å². The molecule has 1 rings (SSSR count). The lowest BCUT2D eigenvalue weighted by atomic mass is 10.1. The molecule has 0 bridgehead atoms. The first-order valence-corrected chi connectivity index (χ1v) is 4.94. The lowest BCUT2D eigenvalue weighted by molar-refractivity contribution is 1.05. The standard InChI is InChI=1S/C11H17N5.ClH/c1-7-3-4-9(5-8(7)2)6-15-11(14)16-10(12)13;/h3-5H,6H2,1-2H3,(H6,12,13,14,15,16);1H. The maximum atomic E-state index is 5.49. The second-order valence-corrected chi connectivity index (χ2v) is 3.63. The molecule has 6 heteroatoms. The van der Waals surface area contributed by atoms with E-state index in [4.69, 9.17) is 17.2 Å². The number of nitrogens with two attached hydrogens (primary N) is 3. The minimum Gasteiger partial charge on any atom is -0.370 e. The van der Waals surface area contributed by atoms with E-state index in [-0.39, 0.29) is 24.3 Å². The van der Waals surface area contributed by atoms with Crippen molar-refractivity contribution in [2.24, 2.45) is 27.2 Å². The van der Waals surface area contributed by atoms with Crippen LogP contribution in [0.5, 0.6) is 0 Å². The molecule has 5 nitrogen and oxygen atoms in total. The van der Waals surface area contributed by atoms with Gasteiger partial charge in [-0.15, -0.1) is 12.4 Å². The average molecular weight is 256 g/mol. The van der Waals surface area contributed by atoms with Crippen LogP contribution >= 0.6 is 12.4 Å². The first-order chi connectivity index (χ1) is 7.49. The Hall–Kier alpha value is -1.75. The van der Waals surface area contributed by atoms with Crippen LogP contribution in [0.3, 0.4) is 0 Å². The number of aryl methyl sites for hydroxylation is 2. The van der Waals surface area contributed by atoms with Crippen molar-refractivity contribution in [1.82, 2.24) is 0 Å². The fraction of sp³-hybridized carbons (Fsp3) is 0.273. The summed E-state index contributed by atoms with van der Waals surface area (Å²) in [5.74, 6) is 0.0135. The number of rotatable bonds is 2. The number of hydrogen-bond donors (Lipinski definition) is 3. The molecule has 0 aliphatic heterocycles. The minimum absolute atomic E-state index is 0. The van der Waals surface area contributed by atoms with Gasteiger partial charge >= 0.3 is 0 Å². The molecule has 94 valence electrons. The van der Waals surface area contributed by atoms with Crippen molar-refractivity contribution in [3.63, 3.8) is 0 Å². The van der Waals surface area contributed by atoms with Crippen molar-refractivity contribution in [3.05, 3.63) is 34.9 Å². The van der Waals surface area contributed by atoms with Gasteiger partial charge in [0, 0.05) is 0 Å². The van der Waals surface area contributed by atoms with Crippen molar-refractivity contribution in [1.29, 1.82) is 0 Å². The van der Waals surface area contributed by atoms with Crippen molar-refractivity contribution < 1.29 is 0 Å². The van der Waals surface area contributed by atoms with Crippen LogP contribution in [0.2, 0.25) is 0 Å². The van der Waals surface area contributed by atoms with Gasteiger partial charge in [0.2, 0.25) is 5.96 Å². The lowest BCUT2D eigenvalue weighted by Gasteiger charge is -2.02. The van der Waals surface area contributed by atoms with Crippen LogP contribution < -0.4 is 17.2 Å². The summed E-state index contributed by atoms with van der Waals surface area (Å²) in [5, 5.41) is 0. The summed E-state index contributed by atoms with van der Waals surface area (Å²) in [5.41, 5.74) is 19.4. The molecular formula is C11H18ClN5. The molecule has 0 radical (unpaired) electrons. The van der Waals surface area contributed by atoms with Gasteiger partial charge in [-0.05, 0) is 30.5 Å². The third-order valence-electron chi connectivity index (χ3n) is 2.24. The van der Waals surface area contributed by atoms with E-state index in [1.165, 1.54) is 11.1 Å². The zero-order valence-corrected chi connectivity index (χ0v) is 10.8. The molecule has 0 saturated carbocycles. The Bertz CT molecular complexity index is 435. The third kappa shape index (κ3) is 5.21. The van der Waals surface area contributed by atoms with Gasteiger partial charge in [-0.1, -0.05) is 18.2 Å². The van der Waals surface area contributed by atoms with E-state index in [0.717, 1.165) is 5.56 Å². The van der Waals surface area contributed by atoms with Gasteiger partial charge in [0.15, 0.2) is 5.96 Å². The molecule has 6 N–H and O–H groups in total. The fourth-order valence-corrected chi connectivity index (χ4v) is 1.24. The van der Waals surface area contributed by atoms with Crippen LogP contribution in [0.4, 0.5) is 0 Å². The van der Waals surface area contributed by atoms with Crippen molar-refractivity contribution >= 4 is 24.3 Å². The molecule has 0 heterocycles. The fourth-order valence-electron chi connectivity index (χ4n) is 1.24. The predicted molar refractivity (Wildman–Crippen MR) is 74.3 cm³/mol. The topological polar surface area (TPSA) is 103 Å². The van der Waals surface area contributed by atoms with E-state index in [2.05, 4.69) is 36.0 Å². The highest BCUT2D eigenvalue weighted by Gasteiger charge is 1.96. The number of halogens is 1. The second kappa shape index (κ2) is 6.75. The number of aliphatic imine (C=N–C) groups is 2. The van der Waals surface area contributed by atoms with Crippen molar-refractivity contribution in [2.45, 2.75) is 20.4 Å². The minimum atomic E-state index is -0.0821. The summed E-state index contributed by atoms with van der Waals surface area (Å²) >= 11 is 0. The molecule has 0 fully saturated rings. The highest BCUT2D eigenvalue weighted by molar-refractivity contribution is 5.92. The SMILES string of the molecule is Cc1ccc(CN=C(N)N=C(N)N)cc1C.Cl. The van der Waals surface area contributed by atoms with E-state index in [1.807, 2.05) is 6.07 Å². The quantitative estimate of drug-likeness (QED) is 0.538. The molecule has 0 saturated heterocycles. The summed E-state index contributed by atoms with van der Waals surface area (Å²) in [6.45, 7) is 4.60. The van der Waals surface area contributed by atoms with Crippen molar-refractivity contribution in [2.75, 3.05) is 0 Å². The van der Waals surface area contributed by atoms with E-state index in [0.29, 0.717) is 6.54 Å². The first kappa shape index (κ1) is 15.2. The number of guanidine groups is 2. The van der Waals surface area contributed by atoms with Crippen LogP contribution in [-0.2, 0) is 6.54 Å². The number of nitrogens with zero attached hydrogens (tertiary/aromatic N) is 2. The summed E-state index contributed by atoms with van der Waals surface area (Å²) in [6, 6.07) is 6.13. The smallest absolute Gasteiger partial charge is 0.218 e. The molecule has 1 aromatic rings. The van der Waals surface area contributed by atoms with Gasteiger partial charge in [0.25, 0.3) is 0 Å². The Morgan fingerprint density at radius 3 is 2.29 bits per heavy atom. The van der Waals surface area contributed by atoms with E-state index < -0.39 is 0 Å².